The Morgan fingerprint density at radius 3 is 2.07 bits per heavy atom. The molecular weight excluding hydrogens is 730 g/mol. The molecule has 3 nitrogen and oxygen atoms in total. The first-order chi connectivity index (χ1) is 19.7. The van der Waals surface area contributed by atoms with Crippen molar-refractivity contribution in [3.63, 3.8) is 0 Å². The van der Waals surface area contributed by atoms with Crippen molar-refractivity contribution in [3.8, 4) is 11.3 Å². The van der Waals surface area contributed by atoms with Crippen LogP contribution in [-0.4, -0.2) is 23.9 Å². The Labute approximate surface area is 272 Å². The molecule has 1 unspecified atom stereocenters. The molecule has 6 heteroatoms. The number of halogens is 1. The van der Waals surface area contributed by atoms with E-state index in [1.165, 1.54) is 5.56 Å². The molecule has 0 amide bonds. The third-order valence-corrected chi connectivity index (χ3v) is 10.3. The van der Waals surface area contributed by atoms with Gasteiger partial charge in [0.1, 0.15) is 11.6 Å². The predicted octanol–water partition coefficient (Wildman–Crippen LogP) is 10.0. The molecule has 43 heavy (non-hydrogen) atoms. The number of aryl methyl sites for hydroxylation is 2. The van der Waals surface area contributed by atoms with Crippen LogP contribution in [0.25, 0.3) is 32.8 Å². The van der Waals surface area contributed by atoms with Crippen molar-refractivity contribution in [3.05, 3.63) is 83.0 Å². The molecule has 0 bridgehead atoms. The Morgan fingerprint density at radius 1 is 0.930 bits per heavy atom. The minimum Gasteiger partial charge on any atom is -0.512 e. The number of nitrogens with zero attached hydrogens (tertiary/aromatic N) is 1. The minimum atomic E-state index is -1.73. The van der Waals surface area contributed by atoms with Crippen molar-refractivity contribution in [2.75, 3.05) is 0 Å². The van der Waals surface area contributed by atoms with Crippen LogP contribution in [0.1, 0.15) is 65.0 Å². The summed E-state index contributed by atoms with van der Waals surface area (Å²) < 4.78 is 15.2. The summed E-state index contributed by atoms with van der Waals surface area (Å²) in [7, 11) is -1.73. The number of hydrogen-bond acceptors (Lipinski definition) is 3. The second kappa shape index (κ2) is 15.4. The van der Waals surface area contributed by atoms with Gasteiger partial charge in [0.05, 0.1) is 8.07 Å². The van der Waals surface area contributed by atoms with Crippen LogP contribution in [0.3, 0.4) is 0 Å². The van der Waals surface area contributed by atoms with E-state index in [1.807, 2.05) is 65.1 Å². The van der Waals surface area contributed by atoms with Gasteiger partial charge < -0.3 is 10.1 Å². The van der Waals surface area contributed by atoms with E-state index in [9.17, 15) is 9.90 Å². The summed E-state index contributed by atoms with van der Waals surface area (Å²) in [4.78, 5) is 16.5. The van der Waals surface area contributed by atoms with E-state index in [4.69, 9.17) is 0 Å². The van der Waals surface area contributed by atoms with Gasteiger partial charge in [-0.15, -0.1) is 34.9 Å². The number of carbonyl (C=O) groups is 1. The van der Waals surface area contributed by atoms with E-state index >= 15 is 4.39 Å². The predicted molar refractivity (Wildman–Crippen MR) is 180 cm³/mol. The zero-order valence-corrected chi connectivity index (χ0v) is 30.8. The van der Waals surface area contributed by atoms with Crippen LogP contribution < -0.4 is 5.19 Å². The molecule has 4 rings (SSSR count). The Kier molecular flexibility index (Phi) is 13.1. The second-order valence-corrected chi connectivity index (χ2v) is 17.6. The monoisotopic (exact) mass is 777 g/mol. The normalized spacial score (nSPS) is 12.8. The number of benzene rings is 3. The maximum absolute atomic E-state index is 15.2. The number of rotatable bonds is 8. The molecule has 1 aromatic heterocycles. The number of aromatic nitrogens is 1. The largest absolute Gasteiger partial charge is 0.512 e. The third-order valence-electron chi connectivity index (χ3n) is 8.27. The molecule has 3 aromatic carbocycles. The van der Waals surface area contributed by atoms with Gasteiger partial charge in [0.2, 0.25) is 0 Å². The van der Waals surface area contributed by atoms with Crippen LogP contribution in [0.4, 0.5) is 4.39 Å². The van der Waals surface area contributed by atoms with E-state index in [0.29, 0.717) is 16.7 Å². The van der Waals surface area contributed by atoms with Gasteiger partial charge in [-0.25, -0.2) is 4.39 Å². The second-order valence-electron chi connectivity index (χ2n) is 12.5. The molecular formula is C37H47FIrNO2Si-. The van der Waals surface area contributed by atoms with Gasteiger partial charge in [-0.05, 0) is 59.3 Å². The van der Waals surface area contributed by atoms with Gasteiger partial charge in [0, 0.05) is 49.1 Å². The Balaban J connectivity index is 0.000000348. The smallest absolute Gasteiger partial charge is 0.164 e. The molecule has 233 valence electrons. The summed E-state index contributed by atoms with van der Waals surface area (Å²) in [5.74, 6) is 0.469. The first-order valence-corrected chi connectivity index (χ1v) is 18.7. The Bertz CT molecular complexity index is 1600. The zero-order chi connectivity index (χ0) is 31.4. The quantitative estimate of drug-likeness (QED) is 0.0638. The van der Waals surface area contributed by atoms with Crippen LogP contribution in [0.5, 0.6) is 0 Å². The SMILES string of the molecule is CCC(C)C(=O)/C(C)=C(\O)C(CC)CC.Cc1[c-]c(-c2nccc3c2ccc2c(F)c([Si](C)(C)C)ccc23)cc(C)c1.[Ir]. The van der Waals surface area contributed by atoms with Crippen molar-refractivity contribution in [1.29, 1.82) is 0 Å². The Morgan fingerprint density at radius 2 is 1.51 bits per heavy atom. The number of carbonyl (C=O) groups excluding carboxylic acids is 1. The number of hydrogen-bond donors (Lipinski definition) is 1. The van der Waals surface area contributed by atoms with E-state index in [2.05, 4.69) is 55.8 Å². The summed E-state index contributed by atoms with van der Waals surface area (Å²) in [5.41, 5.74) is 4.72. The van der Waals surface area contributed by atoms with E-state index < -0.39 is 8.07 Å². The van der Waals surface area contributed by atoms with Crippen molar-refractivity contribution >= 4 is 40.6 Å². The summed E-state index contributed by atoms with van der Waals surface area (Å²) in [6, 6.07) is 17.6. The van der Waals surface area contributed by atoms with Gasteiger partial charge in [-0.2, -0.15) is 0 Å². The summed E-state index contributed by atoms with van der Waals surface area (Å²) in [5, 5.41) is 14.5. The molecule has 0 spiro atoms. The van der Waals surface area contributed by atoms with Crippen LogP contribution >= 0.6 is 0 Å². The molecule has 0 aliphatic heterocycles. The van der Waals surface area contributed by atoms with Crippen LogP contribution in [0, 0.1) is 37.6 Å². The fourth-order valence-electron chi connectivity index (χ4n) is 5.51. The van der Waals surface area contributed by atoms with E-state index in [1.54, 1.807) is 6.92 Å². The topological polar surface area (TPSA) is 50.2 Å². The maximum atomic E-state index is 15.2. The van der Waals surface area contributed by atoms with E-state index in [0.717, 1.165) is 57.4 Å². The van der Waals surface area contributed by atoms with Gasteiger partial charge in [0.25, 0.3) is 0 Å². The number of aliphatic hydroxyl groups excluding tert-OH is 1. The average molecular weight is 777 g/mol. The number of allylic oxidation sites excluding steroid dienone is 2. The molecule has 1 N–H and O–H groups in total. The number of pyridine rings is 1. The van der Waals surface area contributed by atoms with Crippen molar-refractivity contribution in [2.24, 2.45) is 11.8 Å². The summed E-state index contributed by atoms with van der Waals surface area (Å²) in [6.07, 6.45) is 4.40. The summed E-state index contributed by atoms with van der Waals surface area (Å²) in [6.45, 7) is 20.4. The van der Waals surface area contributed by atoms with E-state index in [-0.39, 0.29) is 43.5 Å². The van der Waals surface area contributed by atoms with Crippen LogP contribution in [0.15, 0.2) is 60.0 Å². The third kappa shape index (κ3) is 8.29. The fraction of sp³-hybridized carbons (Fsp3) is 0.405. The molecule has 1 radical (unpaired) electrons. The molecule has 0 saturated heterocycles. The maximum Gasteiger partial charge on any atom is 0.164 e. The molecule has 1 heterocycles. The van der Waals surface area contributed by atoms with Gasteiger partial charge in [-0.1, -0.05) is 85.4 Å². The molecule has 4 aromatic rings. The standard InChI is InChI=1S/C24H23FNSi.C13H24O2.Ir/c1-15-12-16(2)14-17(13-15)24-21-7-6-20-18(19(21)10-11-26-24)8-9-22(23(20)25)27(3,4)5;1-6-9(4)12(14)10(5)13(15)11(7-2)8-3;/h6-13H,1-5H3;9,11,15H,6-8H2,1-5H3;/q-1;;/b;13-10-;. The molecule has 1 atom stereocenters. The molecule has 0 saturated carbocycles. The molecule has 0 aliphatic rings. The van der Waals surface area contributed by atoms with Gasteiger partial charge in [0.15, 0.2) is 5.78 Å². The fourth-order valence-corrected chi connectivity index (χ4v) is 6.89. The summed E-state index contributed by atoms with van der Waals surface area (Å²) >= 11 is 0. The number of fused-ring (bicyclic) bond motifs is 3. The number of ketones is 1. The zero-order valence-electron chi connectivity index (χ0n) is 27.4. The Hall–Kier alpha value is -2.66. The van der Waals surface area contributed by atoms with Gasteiger partial charge >= 0.3 is 0 Å². The first kappa shape index (κ1) is 36.5. The average Bonchev–Trinajstić information content (AvgIpc) is 2.95. The minimum absolute atomic E-state index is 0. The van der Waals surface area contributed by atoms with Crippen molar-refractivity contribution in [1.82, 2.24) is 4.98 Å². The number of Topliss-reactive ketones (excluding diaryl/α,β-unsaturated/α-hetero) is 1. The van der Waals surface area contributed by atoms with Crippen LogP contribution in [0.2, 0.25) is 19.6 Å². The number of aliphatic hydroxyl groups is 1. The molecule has 0 aliphatic carbocycles. The van der Waals surface area contributed by atoms with Crippen LogP contribution in [-0.2, 0) is 24.9 Å². The van der Waals surface area contributed by atoms with Crippen molar-refractivity contribution in [2.45, 2.75) is 87.4 Å². The van der Waals surface area contributed by atoms with Gasteiger partial charge in [-0.3, -0.25) is 4.79 Å². The molecule has 0 fully saturated rings. The van der Waals surface area contributed by atoms with Crippen molar-refractivity contribution < 1.29 is 34.4 Å². The first-order valence-electron chi connectivity index (χ1n) is 15.2.